The van der Waals surface area contributed by atoms with Gasteiger partial charge in [-0.1, -0.05) is 41.9 Å². The molecule has 0 fully saturated rings. The van der Waals surface area contributed by atoms with Gasteiger partial charge in [0.05, 0.1) is 17.1 Å². The summed E-state index contributed by atoms with van der Waals surface area (Å²) >= 11 is 7.70. The van der Waals surface area contributed by atoms with Crippen molar-refractivity contribution in [2.24, 2.45) is 0 Å². The summed E-state index contributed by atoms with van der Waals surface area (Å²) in [6.45, 7) is 2.90. The van der Waals surface area contributed by atoms with Crippen LogP contribution in [0.4, 0.5) is 0 Å². The van der Waals surface area contributed by atoms with Gasteiger partial charge in [0.25, 0.3) is 5.91 Å². The first kappa shape index (κ1) is 18.5. The SMILES string of the molecule is Cc1nn(Cc2ccccc2Cl)c2sc(C(=O)NCc3ccc(O)cc3)cc12. The molecule has 2 heterocycles. The van der Waals surface area contributed by atoms with Gasteiger partial charge in [0, 0.05) is 17.0 Å². The van der Waals surface area contributed by atoms with E-state index in [0.29, 0.717) is 23.0 Å². The van der Waals surface area contributed by atoms with Gasteiger partial charge in [-0.25, -0.2) is 0 Å². The van der Waals surface area contributed by atoms with Crippen molar-refractivity contribution in [3.05, 3.63) is 81.3 Å². The normalized spacial score (nSPS) is 11.1. The van der Waals surface area contributed by atoms with Gasteiger partial charge in [0.2, 0.25) is 0 Å². The molecule has 2 aromatic carbocycles. The van der Waals surface area contributed by atoms with E-state index in [1.54, 1.807) is 24.3 Å². The van der Waals surface area contributed by atoms with Crippen LogP contribution in [0.5, 0.6) is 5.75 Å². The molecule has 0 radical (unpaired) electrons. The molecule has 0 aliphatic heterocycles. The summed E-state index contributed by atoms with van der Waals surface area (Å²) < 4.78 is 1.90. The number of phenolic OH excluding ortho intramolecular Hbond substituents is 1. The van der Waals surface area contributed by atoms with Crippen molar-refractivity contribution in [2.75, 3.05) is 0 Å². The first-order valence-electron chi connectivity index (χ1n) is 8.78. The standard InChI is InChI=1S/C21H18ClN3O2S/c1-13-17-10-19(20(27)23-11-14-6-8-16(26)9-7-14)28-21(17)25(24-13)12-15-4-2-3-5-18(15)22/h2-10,26H,11-12H2,1H3,(H,23,27). The first-order chi connectivity index (χ1) is 13.5. The molecule has 0 aliphatic carbocycles. The summed E-state index contributed by atoms with van der Waals surface area (Å²) in [6.07, 6.45) is 0. The second-order valence-electron chi connectivity index (χ2n) is 6.51. The van der Waals surface area contributed by atoms with E-state index in [4.69, 9.17) is 11.6 Å². The number of halogens is 1. The van der Waals surface area contributed by atoms with Crippen LogP contribution >= 0.6 is 22.9 Å². The fraction of sp³-hybridized carbons (Fsp3) is 0.143. The molecule has 0 unspecified atom stereocenters. The Kier molecular flexibility index (Phi) is 5.07. The number of hydrogen-bond acceptors (Lipinski definition) is 4. The number of carbonyl (C=O) groups is 1. The second kappa shape index (κ2) is 7.66. The molecular formula is C21H18ClN3O2S. The van der Waals surface area contributed by atoms with Crippen LogP contribution in [0.1, 0.15) is 26.5 Å². The number of rotatable bonds is 5. The number of fused-ring (bicyclic) bond motifs is 1. The van der Waals surface area contributed by atoms with Crippen LogP contribution in [0.25, 0.3) is 10.2 Å². The average molecular weight is 412 g/mol. The Morgan fingerprint density at radius 1 is 1.21 bits per heavy atom. The van der Waals surface area contributed by atoms with Gasteiger partial charge in [-0.15, -0.1) is 11.3 Å². The molecule has 4 rings (SSSR count). The molecule has 2 aromatic heterocycles. The molecule has 2 N–H and O–H groups in total. The van der Waals surface area contributed by atoms with Crippen LogP contribution in [0, 0.1) is 6.92 Å². The van der Waals surface area contributed by atoms with E-state index in [1.165, 1.54) is 11.3 Å². The Morgan fingerprint density at radius 2 is 1.96 bits per heavy atom. The smallest absolute Gasteiger partial charge is 0.261 e. The first-order valence-corrected chi connectivity index (χ1v) is 9.97. The predicted octanol–water partition coefficient (Wildman–Crippen LogP) is 4.74. The second-order valence-corrected chi connectivity index (χ2v) is 7.95. The molecule has 0 saturated carbocycles. The number of nitrogens with zero attached hydrogens (tertiary/aromatic N) is 2. The highest BCUT2D eigenvalue weighted by Crippen LogP contribution is 2.29. The van der Waals surface area contributed by atoms with E-state index < -0.39 is 0 Å². The molecule has 5 nitrogen and oxygen atoms in total. The van der Waals surface area contributed by atoms with Gasteiger partial charge < -0.3 is 10.4 Å². The maximum Gasteiger partial charge on any atom is 0.261 e. The fourth-order valence-corrected chi connectivity index (χ4v) is 4.28. The molecule has 0 saturated heterocycles. The lowest BCUT2D eigenvalue weighted by Gasteiger charge is -2.05. The zero-order chi connectivity index (χ0) is 19.7. The van der Waals surface area contributed by atoms with Gasteiger partial charge in [0.15, 0.2) is 0 Å². The Bertz CT molecular complexity index is 1150. The molecule has 0 aliphatic rings. The highest BCUT2D eigenvalue weighted by Gasteiger charge is 2.17. The van der Waals surface area contributed by atoms with Crippen molar-refractivity contribution in [3.8, 4) is 5.75 Å². The van der Waals surface area contributed by atoms with E-state index in [-0.39, 0.29) is 11.7 Å². The summed E-state index contributed by atoms with van der Waals surface area (Å²) in [5.74, 6) is 0.0797. The average Bonchev–Trinajstić information content (AvgIpc) is 3.24. The lowest BCUT2D eigenvalue weighted by molar-refractivity contribution is 0.0955. The van der Waals surface area contributed by atoms with Crippen molar-refractivity contribution in [1.29, 1.82) is 0 Å². The van der Waals surface area contributed by atoms with Crippen LogP contribution in [-0.4, -0.2) is 20.8 Å². The number of hydrogen-bond donors (Lipinski definition) is 2. The van der Waals surface area contributed by atoms with Crippen molar-refractivity contribution < 1.29 is 9.90 Å². The van der Waals surface area contributed by atoms with E-state index in [9.17, 15) is 9.90 Å². The van der Waals surface area contributed by atoms with Crippen molar-refractivity contribution >= 4 is 39.1 Å². The van der Waals surface area contributed by atoms with Crippen molar-refractivity contribution in [3.63, 3.8) is 0 Å². The molecule has 0 spiro atoms. The van der Waals surface area contributed by atoms with E-state index in [1.807, 2.05) is 41.9 Å². The molecule has 28 heavy (non-hydrogen) atoms. The molecule has 7 heteroatoms. The van der Waals surface area contributed by atoms with E-state index in [0.717, 1.165) is 27.0 Å². The Labute approximate surface area is 171 Å². The van der Waals surface area contributed by atoms with E-state index in [2.05, 4.69) is 10.4 Å². The maximum atomic E-state index is 12.6. The number of thiophene rings is 1. The Morgan fingerprint density at radius 3 is 2.71 bits per heavy atom. The van der Waals surface area contributed by atoms with Crippen LogP contribution in [-0.2, 0) is 13.1 Å². The highest BCUT2D eigenvalue weighted by molar-refractivity contribution is 7.20. The zero-order valence-electron chi connectivity index (χ0n) is 15.1. The minimum Gasteiger partial charge on any atom is -0.508 e. The van der Waals surface area contributed by atoms with Crippen LogP contribution < -0.4 is 5.32 Å². The molecule has 1 amide bonds. The lowest BCUT2D eigenvalue weighted by Crippen LogP contribution is -2.21. The van der Waals surface area contributed by atoms with Crippen LogP contribution in [0.15, 0.2) is 54.6 Å². The van der Waals surface area contributed by atoms with Gasteiger partial charge in [0.1, 0.15) is 10.6 Å². The number of phenols is 1. The van der Waals surface area contributed by atoms with Gasteiger partial charge in [-0.05, 0) is 42.3 Å². The summed E-state index contributed by atoms with van der Waals surface area (Å²) in [5.41, 5.74) is 2.80. The van der Waals surface area contributed by atoms with E-state index >= 15 is 0 Å². The highest BCUT2D eigenvalue weighted by atomic mass is 35.5. The minimum atomic E-state index is -0.127. The van der Waals surface area contributed by atoms with Gasteiger partial charge >= 0.3 is 0 Å². The quantitative estimate of drug-likeness (QED) is 0.498. The third kappa shape index (κ3) is 3.74. The predicted molar refractivity (Wildman–Crippen MR) is 112 cm³/mol. The third-order valence-electron chi connectivity index (χ3n) is 4.50. The molecule has 142 valence electrons. The number of nitrogens with one attached hydrogen (secondary N) is 1. The third-order valence-corrected chi connectivity index (χ3v) is 6.01. The lowest BCUT2D eigenvalue weighted by atomic mass is 10.2. The number of carbonyl (C=O) groups excluding carboxylic acids is 1. The zero-order valence-corrected chi connectivity index (χ0v) is 16.7. The summed E-state index contributed by atoms with van der Waals surface area (Å²) in [7, 11) is 0. The Balaban J connectivity index is 1.55. The largest absolute Gasteiger partial charge is 0.508 e. The summed E-state index contributed by atoms with van der Waals surface area (Å²) in [6, 6.07) is 16.4. The van der Waals surface area contributed by atoms with Gasteiger partial charge in [-0.3, -0.25) is 9.48 Å². The summed E-state index contributed by atoms with van der Waals surface area (Å²) in [5, 5.41) is 18.5. The Hall–Kier alpha value is -2.83. The van der Waals surface area contributed by atoms with Crippen molar-refractivity contribution in [1.82, 2.24) is 15.1 Å². The van der Waals surface area contributed by atoms with Crippen LogP contribution in [0.2, 0.25) is 5.02 Å². The number of benzene rings is 2. The fourth-order valence-electron chi connectivity index (χ4n) is 3.00. The van der Waals surface area contributed by atoms with Crippen molar-refractivity contribution in [2.45, 2.75) is 20.0 Å². The number of aromatic nitrogens is 2. The minimum absolute atomic E-state index is 0.127. The number of aryl methyl sites for hydroxylation is 1. The topological polar surface area (TPSA) is 67.2 Å². The number of aromatic hydroxyl groups is 1. The molecule has 4 aromatic rings. The van der Waals surface area contributed by atoms with Gasteiger partial charge in [-0.2, -0.15) is 5.10 Å². The van der Waals surface area contributed by atoms with Crippen LogP contribution in [0.3, 0.4) is 0 Å². The molecular weight excluding hydrogens is 394 g/mol. The summed E-state index contributed by atoms with van der Waals surface area (Å²) in [4.78, 5) is 14.2. The molecule has 0 bridgehead atoms. The monoisotopic (exact) mass is 411 g/mol. The number of amides is 1. The maximum absolute atomic E-state index is 12.6. The molecule has 0 atom stereocenters.